The van der Waals surface area contributed by atoms with Gasteiger partial charge in [-0.05, 0) is 24.6 Å². The molecule has 0 saturated heterocycles. The number of carbonyl (C=O) groups excluding carboxylic acids is 2. The summed E-state index contributed by atoms with van der Waals surface area (Å²) in [6.45, 7) is 1.79. The first kappa shape index (κ1) is 18.2. The lowest BCUT2D eigenvalue weighted by Crippen LogP contribution is -2.33. The molecule has 0 aliphatic rings. The summed E-state index contributed by atoms with van der Waals surface area (Å²) in [7, 11) is 0. The van der Waals surface area contributed by atoms with Crippen molar-refractivity contribution in [2.75, 3.05) is 11.9 Å². The van der Waals surface area contributed by atoms with Crippen LogP contribution in [-0.4, -0.2) is 28.3 Å². The number of rotatable bonds is 6. The van der Waals surface area contributed by atoms with E-state index in [1.54, 1.807) is 10.7 Å². The van der Waals surface area contributed by atoms with Crippen molar-refractivity contribution in [3.63, 3.8) is 0 Å². The molecule has 0 saturated carbocycles. The monoisotopic (exact) mass is 364 g/mol. The van der Waals surface area contributed by atoms with Crippen LogP contribution in [0, 0.1) is 6.92 Å². The molecular formula is C20H20N4O3. The summed E-state index contributed by atoms with van der Waals surface area (Å²) in [6.07, 6.45) is -0.651. The number of amides is 2. The second-order valence-electron chi connectivity index (χ2n) is 5.88. The summed E-state index contributed by atoms with van der Waals surface area (Å²) >= 11 is 0. The standard InChI is InChI=1S/C20H20N4O3/c1-15-12-18(24(23-15)17-10-6-3-7-11-17)22-19(25)13-21-20(26)27-14-16-8-4-2-5-9-16/h2-12H,13-14H2,1H3,(H,21,26)(H,22,25). The number of carbonyl (C=O) groups is 2. The molecule has 0 bridgehead atoms. The first-order chi connectivity index (χ1) is 13.1. The average molecular weight is 364 g/mol. The highest BCUT2D eigenvalue weighted by Gasteiger charge is 2.12. The molecule has 2 N–H and O–H groups in total. The maximum absolute atomic E-state index is 12.2. The van der Waals surface area contributed by atoms with Gasteiger partial charge in [0.2, 0.25) is 5.91 Å². The van der Waals surface area contributed by atoms with E-state index in [9.17, 15) is 9.59 Å². The van der Waals surface area contributed by atoms with E-state index >= 15 is 0 Å². The Balaban J connectivity index is 1.52. The fourth-order valence-corrected chi connectivity index (χ4v) is 2.47. The van der Waals surface area contributed by atoms with Gasteiger partial charge in [0.15, 0.2) is 0 Å². The number of benzene rings is 2. The zero-order chi connectivity index (χ0) is 19.1. The molecule has 2 aromatic carbocycles. The van der Waals surface area contributed by atoms with Crippen molar-refractivity contribution >= 4 is 17.8 Å². The van der Waals surface area contributed by atoms with Crippen LogP contribution in [0.3, 0.4) is 0 Å². The molecule has 3 aromatic rings. The maximum Gasteiger partial charge on any atom is 0.407 e. The van der Waals surface area contributed by atoms with Gasteiger partial charge in [0.05, 0.1) is 11.4 Å². The number of alkyl carbamates (subject to hydrolysis) is 1. The minimum Gasteiger partial charge on any atom is -0.445 e. The molecule has 0 fully saturated rings. The average Bonchev–Trinajstić information content (AvgIpc) is 3.06. The third kappa shape index (κ3) is 5.18. The largest absolute Gasteiger partial charge is 0.445 e. The van der Waals surface area contributed by atoms with Crippen molar-refractivity contribution < 1.29 is 14.3 Å². The van der Waals surface area contributed by atoms with E-state index in [0.29, 0.717) is 5.82 Å². The van der Waals surface area contributed by atoms with Crippen LogP contribution < -0.4 is 10.6 Å². The second-order valence-corrected chi connectivity index (χ2v) is 5.88. The number of aryl methyl sites for hydroxylation is 1. The van der Waals surface area contributed by atoms with Gasteiger partial charge in [0.25, 0.3) is 0 Å². The maximum atomic E-state index is 12.2. The van der Waals surface area contributed by atoms with Crippen molar-refractivity contribution in [3.8, 4) is 5.69 Å². The highest BCUT2D eigenvalue weighted by molar-refractivity contribution is 5.93. The molecule has 0 unspecified atom stereocenters. The Morgan fingerprint density at radius 3 is 2.41 bits per heavy atom. The van der Waals surface area contributed by atoms with Crippen LogP contribution in [-0.2, 0) is 16.1 Å². The van der Waals surface area contributed by atoms with Crippen LogP contribution in [0.25, 0.3) is 5.69 Å². The van der Waals surface area contributed by atoms with Gasteiger partial charge >= 0.3 is 6.09 Å². The molecule has 0 radical (unpaired) electrons. The van der Waals surface area contributed by atoms with Gasteiger partial charge in [-0.15, -0.1) is 0 Å². The van der Waals surface area contributed by atoms with Crippen molar-refractivity contribution in [1.29, 1.82) is 0 Å². The molecule has 1 heterocycles. The van der Waals surface area contributed by atoms with E-state index in [0.717, 1.165) is 16.9 Å². The summed E-state index contributed by atoms with van der Waals surface area (Å²) in [6, 6.07) is 20.6. The minimum atomic E-state index is -0.651. The fraction of sp³-hybridized carbons (Fsp3) is 0.150. The Morgan fingerprint density at radius 1 is 1.04 bits per heavy atom. The van der Waals surface area contributed by atoms with Gasteiger partial charge in [-0.2, -0.15) is 5.10 Å². The third-order valence-corrected chi connectivity index (χ3v) is 3.71. The lowest BCUT2D eigenvalue weighted by molar-refractivity contribution is -0.115. The number of anilines is 1. The Kier molecular flexibility index (Phi) is 5.84. The molecule has 0 atom stereocenters. The molecule has 0 spiro atoms. The van der Waals surface area contributed by atoms with Crippen LogP contribution in [0.4, 0.5) is 10.6 Å². The van der Waals surface area contributed by atoms with Crippen molar-refractivity contribution in [1.82, 2.24) is 15.1 Å². The van der Waals surface area contributed by atoms with Crippen LogP contribution >= 0.6 is 0 Å². The SMILES string of the molecule is Cc1cc(NC(=O)CNC(=O)OCc2ccccc2)n(-c2ccccc2)n1. The minimum absolute atomic E-state index is 0.147. The molecule has 27 heavy (non-hydrogen) atoms. The molecule has 1 aromatic heterocycles. The van der Waals surface area contributed by atoms with E-state index in [4.69, 9.17) is 4.74 Å². The van der Waals surface area contributed by atoms with Crippen molar-refractivity contribution in [3.05, 3.63) is 78.0 Å². The van der Waals surface area contributed by atoms with E-state index < -0.39 is 6.09 Å². The van der Waals surface area contributed by atoms with Crippen LogP contribution in [0.1, 0.15) is 11.3 Å². The first-order valence-electron chi connectivity index (χ1n) is 8.48. The van der Waals surface area contributed by atoms with Gasteiger partial charge in [-0.3, -0.25) is 4.79 Å². The Hall–Kier alpha value is -3.61. The van der Waals surface area contributed by atoms with Crippen molar-refractivity contribution in [2.24, 2.45) is 0 Å². The highest BCUT2D eigenvalue weighted by atomic mass is 16.5. The molecule has 7 nitrogen and oxygen atoms in total. The molecule has 7 heteroatoms. The normalized spacial score (nSPS) is 10.3. The number of para-hydroxylation sites is 1. The van der Waals surface area contributed by atoms with E-state index in [2.05, 4.69) is 15.7 Å². The predicted molar refractivity (Wildman–Crippen MR) is 102 cm³/mol. The van der Waals surface area contributed by atoms with Crippen LogP contribution in [0.2, 0.25) is 0 Å². The zero-order valence-electron chi connectivity index (χ0n) is 14.9. The van der Waals surface area contributed by atoms with Gasteiger partial charge in [-0.25, -0.2) is 9.48 Å². The third-order valence-electron chi connectivity index (χ3n) is 3.71. The highest BCUT2D eigenvalue weighted by Crippen LogP contribution is 2.16. The van der Waals surface area contributed by atoms with Gasteiger partial charge < -0.3 is 15.4 Å². The molecule has 2 amide bonds. The van der Waals surface area contributed by atoms with Gasteiger partial charge in [0, 0.05) is 6.07 Å². The van der Waals surface area contributed by atoms with E-state index in [1.807, 2.05) is 67.6 Å². The van der Waals surface area contributed by atoms with E-state index in [-0.39, 0.29) is 19.1 Å². The Bertz CT molecular complexity index is 907. The fourth-order valence-electron chi connectivity index (χ4n) is 2.47. The number of ether oxygens (including phenoxy) is 1. The smallest absolute Gasteiger partial charge is 0.407 e. The lowest BCUT2D eigenvalue weighted by Gasteiger charge is -2.10. The Labute approximate surface area is 157 Å². The lowest BCUT2D eigenvalue weighted by atomic mass is 10.2. The first-order valence-corrected chi connectivity index (χ1v) is 8.48. The summed E-state index contributed by atoms with van der Waals surface area (Å²) < 4.78 is 6.72. The molecule has 3 rings (SSSR count). The number of hydrogen-bond acceptors (Lipinski definition) is 4. The number of nitrogens with one attached hydrogen (secondary N) is 2. The molecule has 0 aliphatic heterocycles. The zero-order valence-corrected chi connectivity index (χ0v) is 14.9. The van der Waals surface area contributed by atoms with Crippen LogP contribution in [0.5, 0.6) is 0 Å². The second kappa shape index (κ2) is 8.66. The molecule has 0 aliphatic carbocycles. The predicted octanol–water partition coefficient (Wildman–Crippen LogP) is 3.05. The topological polar surface area (TPSA) is 85.3 Å². The number of nitrogens with zero attached hydrogens (tertiary/aromatic N) is 2. The number of hydrogen-bond donors (Lipinski definition) is 2. The molecule has 138 valence electrons. The van der Waals surface area contributed by atoms with Crippen molar-refractivity contribution in [2.45, 2.75) is 13.5 Å². The van der Waals surface area contributed by atoms with Gasteiger partial charge in [0.1, 0.15) is 19.0 Å². The summed E-state index contributed by atoms with van der Waals surface area (Å²) in [4.78, 5) is 23.9. The summed E-state index contributed by atoms with van der Waals surface area (Å²) in [5, 5.41) is 9.57. The summed E-state index contributed by atoms with van der Waals surface area (Å²) in [5.41, 5.74) is 2.47. The van der Waals surface area contributed by atoms with Gasteiger partial charge in [-0.1, -0.05) is 48.5 Å². The molecular weight excluding hydrogens is 344 g/mol. The van der Waals surface area contributed by atoms with E-state index in [1.165, 1.54) is 0 Å². The summed E-state index contributed by atoms with van der Waals surface area (Å²) in [5.74, 6) is 0.159. The number of aromatic nitrogens is 2. The quantitative estimate of drug-likeness (QED) is 0.704. The Morgan fingerprint density at radius 2 is 1.70 bits per heavy atom. The van der Waals surface area contributed by atoms with Crippen LogP contribution in [0.15, 0.2) is 66.7 Å².